The largest absolute Gasteiger partial charge is 0.465 e. The van der Waals surface area contributed by atoms with Gasteiger partial charge < -0.3 is 4.74 Å². The molecule has 0 amide bonds. The molecule has 0 heterocycles. The minimum Gasteiger partial charge on any atom is -0.465 e. The van der Waals surface area contributed by atoms with Crippen LogP contribution in [0.2, 0.25) is 0 Å². The van der Waals surface area contributed by atoms with Crippen LogP contribution in [-0.4, -0.2) is 13.0 Å². The quantitative estimate of drug-likeness (QED) is 0.514. The first kappa shape index (κ1) is 4.83. The Kier molecular flexibility index (Phi) is 1.51. The van der Waals surface area contributed by atoms with Crippen LogP contribution in [0.15, 0.2) is 29.2 Å². The smallest absolute Gasteiger partial charge is 0.338 e. The predicted octanol–water partition coefficient (Wildman–Crippen LogP) is 1.76. The van der Waals surface area contributed by atoms with Crippen molar-refractivity contribution in [2.75, 3.05) is 7.04 Å². The third kappa shape index (κ3) is 1.74. The van der Waals surface area contributed by atoms with E-state index in [2.05, 4.69) is 17.4 Å². The second-order valence-corrected chi connectivity index (χ2v) is 2.39. The van der Waals surface area contributed by atoms with Gasteiger partial charge in [-0.25, -0.2) is 4.79 Å². The van der Waals surface area contributed by atoms with Crippen molar-refractivity contribution in [1.29, 1.82) is 0 Å². The highest BCUT2D eigenvalue weighted by molar-refractivity contribution is 7.80. The average molecular weight is 171 g/mol. The van der Waals surface area contributed by atoms with Gasteiger partial charge in [0.05, 0.1) is 16.7 Å². The second kappa shape index (κ2) is 3.44. The molecule has 0 aliphatic carbocycles. The Bertz CT molecular complexity index is 349. The first-order chi connectivity index (χ1) is 6.40. The minimum atomic E-state index is -2.72. The van der Waals surface area contributed by atoms with Crippen LogP contribution < -0.4 is 0 Å². The fourth-order valence-corrected chi connectivity index (χ4v) is 0.953. The Morgan fingerprint density at radius 1 is 1.64 bits per heavy atom. The summed E-state index contributed by atoms with van der Waals surface area (Å²) in [4.78, 5) is 11.6. The van der Waals surface area contributed by atoms with Crippen LogP contribution >= 0.6 is 12.6 Å². The molecule has 0 atom stereocenters. The molecular weight excluding hydrogens is 160 g/mol. The summed E-state index contributed by atoms with van der Waals surface area (Å²) in [5, 5.41) is 0. The number of benzene rings is 1. The summed E-state index contributed by atoms with van der Waals surface area (Å²) in [6.07, 6.45) is 0. The molecule has 0 fully saturated rings. The Morgan fingerprint density at radius 3 is 3.00 bits per heavy atom. The van der Waals surface area contributed by atoms with Crippen molar-refractivity contribution >= 4 is 18.6 Å². The van der Waals surface area contributed by atoms with Crippen molar-refractivity contribution in [1.82, 2.24) is 0 Å². The Hall–Kier alpha value is -0.960. The molecule has 0 aliphatic heterocycles. The molecule has 0 saturated heterocycles. The number of thiol groups is 1. The zero-order valence-corrected chi connectivity index (χ0v) is 6.47. The molecule has 0 radical (unpaired) electrons. The maximum atomic E-state index is 11.3. The van der Waals surface area contributed by atoms with Crippen molar-refractivity contribution in [3.63, 3.8) is 0 Å². The third-order valence-electron chi connectivity index (χ3n) is 1.22. The molecule has 0 N–H and O–H groups in total. The molecule has 11 heavy (non-hydrogen) atoms. The van der Waals surface area contributed by atoms with Gasteiger partial charge in [0.1, 0.15) is 0 Å². The maximum Gasteiger partial charge on any atom is 0.338 e. The van der Waals surface area contributed by atoms with Crippen molar-refractivity contribution < 1.29 is 13.6 Å². The van der Waals surface area contributed by atoms with E-state index in [4.69, 9.17) is 4.11 Å². The van der Waals surface area contributed by atoms with E-state index in [0.717, 1.165) is 0 Å². The van der Waals surface area contributed by atoms with Gasteiger partial charge in [0, 0.05) is 4.90 Å². The highest BCUT2D eigenvalue weighted by Crippen LogP contribution is 2.13. The lowest BCUT2D eigenvalue weighted by molar-refractivity contribution is 0.0597. The second-order valence-electron chi connectivity index (χ2n) is 1.91. The number of hydrogen-bond donors (Lipinski definition) is 1. The van der Waals surface area contributed by atoms with Gasteiger partial charge in [-0.05, 0) is 12.1 Å². The molecule has 1 rings (SSSR count). The van der Waals surface area contributed by atoms with E-state index in [1.165, 1.54) is 6.07 Å². The topological polar surface area (TPSA) is 26.3 Å². The fraction of sp³-hybridized carbons (Fsp3) is 0.125. The number of methoxy groups -OCH3 is 1. The molecule has 1 aromatic rings. The van der Waals surface area contributed by atoms with E-state index < -0.39 is 13.0 Å². The van der Waals surface area contributed by atoms with Crippen LogP contribution in [0, 0.1) is 0 Å². The molecule has 0 unspecified atom stereocenters. The van der Waals surface area contributed by atoms with Crippen LogP contribution in [0.5, 0.6) is 0 Å². The molecule has 0 aliphatic rings. The first-order valence-electron chi connectivity index (χ1n) is 4.41. The van der Waals surface area contributed by atoms with Crippen LogP contribution in [0.3, 0.4) is 0 Å². The van der Waals surface area contributed by atoms with Gasteiger partial charge in [-0.15, -0.1) is 12.6 Å². The van der Waals surface area contributed by atoms with Crippen molar-refractivity contribution in [3.05, 3.63) is 29.8 Å². The Morgan fingerprint density at radius 2 is 2.36 bits per heavy atom. The highest BCUT2D eigenvalue weighted by Gasteiger charge is 2.06. The van der Waals surface area contributed by atoms with E-state index in [9.17, 15) is 4.79 Å². The zero-order valence-electron chi connectivity index (χ0n) is 8.57. The summed E-state index contributed by atoms with van der Waals surface area (Å²) in [5.41, 5.74) is 0.145. The SMILES string of the molecule is [2H]C([2H])([2H])OC(=O)c1ccccc1S. The number of carbonyl (C=O) groups is 1. The van der Waals surface area contributed by atoms with E-state index in [-0.39, 0.29) is 5.56 Å². The average Bonchev–Trinajstić information content (AvgIpc) is 2.01. The maximum absolute atomic E-state index is 11.3. The minimum absolute atomic E-state index is 0.145. The number of carbonyl (C=O) groups excluding carboxylic acids is 1. The van der Waals surface area contributed by atoms with Gasteiger partial charge in [0.2, 0.25) is 0 Å². The molecule has 3 heteroatoms. The van der Waals surface area contributed by atoms with Crippen molar-refractivity contribution in [2.45, 2.75) is 4.90 Å². The van der Waals surface area contributed by atoms with Crippen molar-refractivity contribution in [3.8, 4) is 0 Å². The molecule has 0 bridgehead atoms. The van der Waals surface area contributed by atoms with Crippen LogP contribution in [0.4, 0.5) is 0 Å². The lowest BCUT2D eigenvalue weighted by Gasteiger charge is -2.00. The monoisotopic (exact) mass is 171 g/mol. The standard InChI is InChI=1S/C8H8O2S/c1-10-8(9)6-4-2-3-5-7(6)11/h2-5,11H,1H3/i1D3. The van der Waals surface area contributed by atoms with Crippen molar-refractivity contribution in [2.24, 2.45) is 0 Å². The van der Waals surface area contributed by atoms with E-state index in [0.29, 0.717) is 4.90 Å². The van der Waals surface area contributed by atoms with Gasteiger partial charge >= 0.3 is 5.97 Å². The molecular formula is C8H8O2S. The van der Waals surface area contributed by atoms with E-state index >= 15 is 0 Å². The lowest BCUT2D eigenvalue weighted by Crippen LogP contribution is -2.01. The lowest BCUT2D eigenvalue weighted by atomic mass is 10.2. The Balaban J connectivity index is 2.86. The summed E-state index contributed by atoms with van der Waals surface area (Å²) in [7, 11) is -2.72. The van der Waals surface area contributed by atoms with Gasteiger partial charge in [-0.2, -0.15) is 0 Å². The van der Waals surface area contributed by atoms with Gasteiger partial charge in [-0.3, -0.25) is 0 Å². The molecule has 58 valence electrons. The summed E-state index contributed by atoms with van der Waals surface area (Å²) in [6, 6.07) is 6.33. The zero-order chi connectivity index (χ0) is 10.8. The van der Waals surface area contributed by atoms with Crippen LogP contribution in [0.1, 0.15) is 14.5 Å². The summed E-state index contributed by atoms with van der Waals surface area (Å²) >= 11 is 4.00. The number of ether oxygens (including phenoxy) is 1. The molecule has 2 nitrogen and oxygen atoms in total. The van der Waals surface area contributed by atoms with E-state index in [1.807, 2.05) is 0 Å². The molecule has 0 saturated carbocycles. The molecule has 0 spiro atoms. The summed E-state index contributed by atoms with van der Waals surface area (Å²) < 4.78 is 24.5. The first-order valence-corrected chi connectivity index (χ1v) is 3.36. The normalized spacial score (nSPS) is 14.5. The summed E-state index contributed by atoms with van der Waals surface area (Å²) in [6.45, 7) is 0. The number of esters is 1. The molecule has 0 aromatic heterocycles. The van der Waals surface area contributed by atoms with Crippen LogP contribution in [0.25, 0.3) is 0 Å². The molecule has 1 aromatic carbocycles. The highest BCUT2D eigenvalue weighted by atomic mass is 32.1. The fourth-order valence-electron chi connectivity index (χ4n) is 0.701. The third-order valence-corrected chi connectivity index (χ3v) is 1.61. The number of rotatable bonds is 1. The van der Waals surface area contributed by atoms with Gasteiger partial charge in [0.15, 0.2) is 0 Å². The number of hydrogen-bond acceptors (Lipinski definition) is 3. The van der Waals surface area contributed by atoms with Gasteiger partial charge in [-0.1, -0.05) is 12.1 Å². The Labute approximate surface area is 74.8 Å². The summed E-state index contributed by atoms with van der Waals surface area (Å²) in [5.74, 6) is -0.893. The van der Waals surface area contributed by atoms with Gasteiger partial charge in [0.25, 0.3) is 0 Å². The van der Waals surface area contributed by atoms with Crippen LogP contribution in [-0.2, 0) is 4.74 Å². The predicted molar refractivity (Wildman–Crippen MR) is 45.0 cm³/mol. The van der Waals surface area contributed by atoms with E-state index in [1.54, 1.807) is 18.2 Å².